The monoisotopic (exact) mass is 401 g/mol. The average Bonchev–Trinajstić information content (AvgIpc) is 3.17. The summed E-state index contributed by atoms with van der Waals surface area (Å²) in [5, 5.41) is 6.62. The molecule has 1 atom stereocenters. The van der Waals surface area contributed by atoms with Crippen molar-refractivity contribution < 1.29 is 14.0 Å². The lowest BCUT2D eigenvalue weighted by molar-refractivity contribution is -0.118. The lowest BCUT2D eigenvalue weighted by atomic mass is 10.0. The Morgan fingerprint density at radius 2 is 1.60 bits per heavy atom. The minimum atomic E-state index is -0.818. The van der Waals surface area contributed by atoms with Gasteiger partial charge in [-0.25, -0.2) is 4.39 Å². The molecular formula is C24H20FN3O2. The summed E-state index contributed by atoms with van der Waals surface area (Å²) in [6.07, 6.45) is 2.15. The van der Waals surface area contributed by atoms with Crippen LogP contribution in [0.1, 0.15) is 15.9 Å². The number of para-hydroxylation sites is 2. The third-order valence-electron chi connectivity index (χ3n) is 4.87. The molecule has 4 rings (SSSR count). The number of hydrogen-bond donors (Lipinski definition) is 3. The molecule has 0 spiro atoms. The van der Waals surface area contributed by atoms with Gasteiger partial charge in [-0.05, 0) is 48.0 Å². The Bertz CT molecular complexity index is 1170. The van der Waals surface area contributed by atoms with Crippen molar-refractivity contribution in [3.63, 3.8) is 0 Å². The quantitative estimate of drug-likeness (QED) is 0.451. The Morgan fingerprint density at radius 1 is 0.900 bits per heavy atom. The van der Waals surface area contributed by atoms with Gasteiger partial charge in [0.25, 0.3) is 5.91 Å². The third-order valence-corrected chi connectivity index (χ3v) is 4.87. The van der Waals surface area contributed by atoms with E-state index in [9.17, 15) is 14.0 Å². The molecule has 0 radical (unpaired) electrons. The summed E-state index contributed by atoms with van der Waals surface area (Å²) in [4.78, 5) is 28.9. The van der Waals surface area contributed by atoms with Crippen LogP contribution in [0.15, 0.2) is 85.1 Å². The Morgan fingerprint density at radius 3 is 2.37 bits per heavy atom. The molecule has 1 aromatic heterocycles. The van der Waals surface area contributed by atoms with Gasteiger partial charge in [0.2, 0.25) is 5.91 Å². The Labute approximate surface area is 172 Å². The first-order chi connectivity index (χ1) is 14.6. The van der Waals surface area contributed by atoms with Gasteiger partial charge < -0.3 is 15.6 Å². The van der Waals surface area contributed by atoms with E-state index in [1.165, 1.54) is 24.3 Å². The number of carbonyl (C=O) groups excluding carboxylic acids is 2. The largest absolute Gasteiger partial charge is 0.361 e. The number of carbonyl (C=O) groups is 2. The maximum absolute atomic E-state index is 13.2. The van der Waals surface area contributed by atoms with Crippen molar-refractivity contribution in [1.82, 2.24) is 10.3 Å². The zero-order chi connectivity index (χ0) is 20.9. The molecule has 0 aliphatic carbocycles. The summed E-state index contributed by atoms with van der Waals surface area (Å²) in [6, 6.07) is 21.2. The van der Waals surface area contributed by atoms with Gasteiger partial charge >= 0.3 is 0 Å². The zero-order valence-corrected chi connectivity index (χ0v) is 16.1. The Balaban J connectivity index is 1.59. The number of anilines is 1. The van der Waals surface area contributed by atoms with E-state index in [1.807, 2.05) is 48.7 Å². The molecule has 3 N–H and O–H groups in total. The highest BCUT2D eigenvalue weighted by atomic mass is 19.1. The lowest BCUT2D eigenvalue weighted by Gasteiger charge is -2.18. The second kappa shape index (κ2) is 8.61. The van der Waals surface area contributed by atoms with Gasteiger partial charge in [0, 0.05) is 34.8 Å². The van der Waals surface area contributed by atoms with Crippen molar-refractivity contribution in [1.29, 1.82) is 0 Å². The number of halogens is 1. The number of amides is 2. The highest BCUT2D eigenvalue weighted by Gasteiger charge is 2.23. The first kappa shape index (κ1) is 19.4. The molecule has 0 aliphatic rings. The van der Waals surface area contributed by atoms with E-state index in [1.54, 1.807) is 12.1 Å². The lowest BCUT2D eigenvalue weighted by Crippen LogP contribution is -2.45. The van der Waals surface area contributed by atoms with Crippen molar-refractivity contribution >= 4 is 28.4 Å². The molecule has 30 heavy (non-hydrogen) atoms. The van der Waals surface area contributed by atoms with Crippen LogP contribution in [0.2, 0.25) is 0 Å². The maximum atomic E-state index is 13.2. The molecule has 1 heterocycles. The number of fused-ring (bicyclic) bond motifs is 1. The van der Waals surface area contributed by atoms with Crippen LogP contribution >= 0.6 is 0 Å². The van der Waals surface area contributed by atoms with E-state index in [0.717, 1.165) is 16.5 Å². The Hall–Kier alpha value is -3.93. The number of aromatic nitrogens is 1. The molecule has 3 aromatic carbocycles. The SMILES string of the molecule is O=C(N[C@@H](Cc1c[nH]c2ccccc12)C(=O)Nc1ccccc1)c1ccc(F)cc1. The smallest absolute Gasteiger partial charge is 0.251 e. The van der Waals surface area contributed by atoms with Crippen molar-refractivity contribution in [2.24, 2.45) is 0 Å². The van der Waals surface area contributed by atoms with E-state index in [2.05, 4.69) is 15.6 Å². The van der Waals surface area contributed by atoms with E-state index in [0.29, 0.717) is 12.1 Å². The summed E-state index contributed by atoms with van der Waals surface area (Å²) < 4.78 is 13.2. The van der Waals surface area contributed by atoms with Crippen LogP contribution in [-0.2, 0) is 11.2 Å². The van der Waals surface area contributed by atoms with Gasteiger partial charge in [0.15, 0.2) is 0 Å². The van der Waals surface area contributed by atoms with Crippen LogP contribution in [0.25, 0.3) is 10.9 Å². The average molecular weight is 401 g/mol. The second-order valence-corrected chi connectivity index (χ2v) is 6.95. The topological polar surface area (TPSA) is 74.0 Å². The van der Waals surface area contributed by atoms with Gasteiger partial charge in [0.1, 0.15) is 11.9 Å². The van der Waals surface area contributed by atoms with Crippen molar-refractivity contribution in [2.75, 3.05) is 5.32 Å². The summed E-state index contributed by atoms with van der Waals surface area (Å²) in [7, 11) is 0. The molecule has 0 unspecified atom stereocenters. The first-order valence-corrected chi connectivity index (χ1v) is 9.57. The number of rotatable bonds is 6. The summed E-state index contributed by atoms with van der Waals surface area (Å²) in [5.74, 6) is -1.20. The predicted molar refractivity (Wildman–Crippen MR) is 115 cm³/mol. The number of benzene rings is 3. The van der Waals surface area contributed by atoms with Crippen LogP contribution in [0, 0.1) is 5.82 Å². The highest BCUT2D eigenvalue weighted by molar-refractivity contribution is 6.01. The van der Waals surface area contributed by atoms with Crippen molar-refractivity contribution in [3.05, 3.63) is 102 Å². The molecule has 0 saturated heterocycles. The predicted octanol–water partition coefficient (Wildman–Crippen LogP) is 4.29. The molecule has 150 valence electrons. The highest BCUT2D eigenvalue weighted by Crippen LogP contribution is 2.20. The van der Waals surface area contributed by atoms with Crippen LogP contribution in [0.4, 0.5) is 10.1 Å². The molecule has 0 bridgehead atoms. The zero-order valence-electron chi connectivity index (χ0n) is 16.1. The fourth-order valence-electron chi connectivity index (χ4n) is 3.32. The third kappa shape index (κ3) is 4.38. The minimum absolute atomic E-state index is 0.285. The molecule has 2 amide bonds. The van der Waals surface area contributed by atoms with Crippen LogP contribution < -0.4 is 10.6 Å². The summed E-state index contributed by atoms with van der Waals surface area (Å²) in [5.41, 5.74) is 2.80. The van der Waals surface area contributed by atoms with E-state index < -0.39 is 17.8 Å². The van der Waals surface area contributed by atoms with Gasteiger partial charge in [-0.3, -0.25) is 9.59 Å². The van der Waals surface area contributed by atoms with E-state index >= 15 is 0 Å². The number of hydrogen-bond acceptors (Lipinski definition) is 2. The Kier molecular flexibility index (Phi) is 5.57. The first-order valence-electron chi connectivity index (χ1n) is 9.57. The van der Waals surface area contributed by atoms with Gasteiger partial charge in [-0.15, -0.1) is 0 Å². The van der Waals surface area contributed by atoms with Crippen molar-refractivity contribution in [3.8, 4) is 0 Å². The van der Waals surface area contributed by atoms with Gasteiger partial charge in [0.05, 0.1) is 0 Å². The second-order valence-electron chi connectivity index (χ2n) is 6.95. The minimum Gasteiger partial charge on any atom is -0.361 e. The van der Waals surface area contributed by atoms with Gasteiger partial charge in [-0.2, -0.15) is 0 Å². The van der Waals surface area contributed by atoms with Crippen LogP contribution in [0.5, 0.6) is 0 Å². The number of H-pyrrole nitrogens is 1. The van der Waals surface area contributed by atoms with E-state index in [-0.39, 0.29) is 11.5 Å². The maximum Gasteiger partial charge on any atom is 0.251 e. The number of nitrogens with one attached hydrogen (secondary N) is 3. The number of aromatic amines is 1. The molecule has 5 nitrogen and oxygen atoms in total. The van der Waals surface area contributed by atoms with Crippen LogP contribution in [-0.4, -0.2) is 22.8 Å². The molecule has 0 saturated carbocycles. The molecule has 6 heteroatoms. The summed E-state index contributed by atoms with van der Waals surface area (Å²) >= 11 is 0. The van der Waals surface area contributed by atoms with Crippen molar-refractivity contribution in [2.45, 2.75) is 12.5 Å². The molecule has 4 aromatic rings. The van der Waals surface area contributed by atoms with Crippen LogP contribution in [0.3, 0.4) is 0 Å². The molecule has 0 aliphatic heterocycles. The standard InChI is InChI=1S/C24H20FN3O2/c25-18-12-10-16(11-13-18)23(29)28-22(24(30)27-19-6-2-1-3-7-19)14-17-15-26-21-9-5-4-8-20(17)21/h1-13,15,22,26H,14H2,(H,27,30)(H,28,29)/t22-/m0/s1. The molecular weight excluding hydrogens is 381 g/mol. The fourth-order valence-corrected chi connectivity index (χ4v) is 3.32. The molecule has 0 fully saturated rings. The van der Waals surface area contributed by atoms with E-state index in [4.69, 9.17) is 0 Å². The van der Waals surface area contributed by atoms with Gasteiger partial charge in [-0.1, -0.05) is 36.4 Å². The normalized spacial score (nSPS) is 11.8. The summed E-state index contributed by atoms with van der Waals surface area (Å²) in [6.45, 7) is 0. The fraction of sp³-hybridized carbons (Fsp3) is 0.0833.